The largest absolute Gasteiger partial charge is 0.508 e. The van der Waals surface area contributed by atoms with Crippen LogP contribution in [0.5, 0.6) is 11.5 Å². The zero-order chi connectivity index (χ0) is 24.7. The van der Waals surface area contributed by atoms with E-state index in [2.05, 4.69) is 0 Å². The second-order valence-corrected chi connectivity index (χ2v) is 7.54. The molecule has 1 heterocycles. The van der Waals surface area contributed by atoms with Gasteiger partial charge in [0, 0.05) is 18.6 Å². The third-order valence-corrected chi connectivity index (χ3v) is 5.04. The third-order valence-electron chi connectivity index (χ3n) is 5.04. The van der Waals surface area contributed by atoms with E-state index in [1.54, 1.807) is 36.4 Å². The minimum Gasteiger partial charge on any atom is -0.508 e. The van der Waals surface area contributed by atoms with Crippen LogP contribution in [-0.4, -0.2) is 69.7 Å². The fourth-order valence-electron chi connectivity index (χ4n) is 3.26. The van der Waals surface area contributed by atoms with Gasteiger partial charge < -0.3 is 39.4 Å². The fraction of sp³-hybridized carbons (Fsp3) is 0.333. The van der Waals surface area contributed by atoms with Gasteiger partial charge in [0.05, 0.1) is 6.61 Å². The molecule has 0 amide bonds. The molecule has 4 N–H and O–H groups in total. The molecule has 0 bridgehead atoms. The molecule has 0 aromatic heterocycles. The molecule has 2 aromatic rings. The Balaban J connectivity index is 1.79. The van der Waals surface area contributed by atoms with Crippen molar-refractivity contribution in [3.05, 3.63) is 65.7 Å². The predicted molar refractivity (Wildman–Crippen MR) is 117 cm³/mol. The number of aliphatic hydroxyl groups excluding tert-OH is 3. The summed E-state index contributed by atoms with van der Waals surface area (Å²) in [6.45, 7) is 0.476. The first-order chi connectivity index (χ1) is 16.3. The first kappa shape index (κ1) is 25.2. The van der Waals surface area contributed by atoms with Crippen molar-refractivity contribution in [2.24, 2.45) is 0 Å². The lowest BCUT2D eigenvalue weighted by Crippen LogP contribution is -2.61. The first-order valence-corrected chi connectivity index (χ1v) is 10.5. The van der Waals surface area contributed by atoms with Crippen molar-refractivity contribution in [1.29, 1.82) is 0 Å². The Morgan fingerprint density at radius 2 is 1.76 bits per heavy atom. The molecule has 1 aliphatic rings. The van der Waals surface area contributed by atoms with Gasteiger partial charge in [0.2, 0.25) is 6.29 Å². The number of esters is 2. The average molecular weight is 474 g/mol. The van der Waals surface area contributed by atoms with Crippen LogP contribution in [0.4, 0.5) is 0 Å². The Morgan fingerprint density at radius 3 is 2.44 bits per heavy atom. The van der Waals surface area contributed by atoms with Crippen LogP contribution in [0.2, 0.25) is 0 Å². The Morgan fingerprint density at radius 1 is 1.06 bits per heavy atom. The lowest BCUT2D eigenvalue weighted by Gasteiger charge is -2.41. The molecular weight excluding hydrogens is 448 g/mol. The van der Waals surface area contributed by atoms with Crippen LogP contribution in [0.15, 0.2) is 54.6 Å². The summed E-state index contributed by atoms with van der Waals surface area (Å²) in [4.78, 5) is 23.6. The molecule has 34 heavy (non-hydrogen) atoms. The number of para-hydroxylation sites is 1. The number of phenols is 1. The third kappa shape index (κ3) is 6.55. The molecule has 0 radical (unpaired) electrons. The molecule has 10 heteroatoms. The minimum atomic E-state index is -1.63. The zero-order valence-corrected chi connectivity index (χ0v) is 18.3. The van der Waals surface area contributed by atoms with Crippen molar-refractivity contribution < 1.29 is 49.0 Å². The standard InChI is InChI=1S/C24H26O10/c1-14(26)31-13-19-21(29)22(30)23(24(33-19)32-18-5-3-2-4-16(18)12-25)34-20(28)11-8-15-6-9-17(27)10-7-15/h2-11,19,21-25,27,29-30H,12-13H2,1H3/b11-8-/t19-,21-,22+,23-,24-/m1/s1. The Bertz CT molecular complexity index is 1000. The van der Waals surface area contributed by atoms with Gasteiger partial charge in [-0.2, -0.15) is 0 Å². The lowest BCUT2D eigenvalue weighted by molar-refractivity contribution is -0.282. The topological polar surface area (TPSA) is 152 Å². The smallest absolute Gasteiger partial charge is 0.331 e. The highest BCUT2D eigenvalue weighted by Gasteiger charge is 2.48. The Hall–Kier alpha value is -3.44. The van der Waals surface area contributed by atoms with Gasteiger partial charge in [-0.3, -0.25) is 4.79 Å². The molecule has 1 aliphatic heterocycles. The maximum absolute atomic E-state index is 12.4. The molecular formula is C24H26O10. The highest BCUT2D eigenvalue weighted by molar-refractivity contribution is 5.87. The highest BCUT2D eigenvalue weighted by atomic mass is 16.7. The van der Waals surface area contributed by atoms with Crippen molar-refractivity contribution in [2.75, 3.05) is 6.61 Å². The maximum atomic E-state index is 12.4. The monoisotopic (exact) mass is 474 g/mol. The van der Waals surface area contributed by atoms with E-state index in [9.17, 15) is 30.0 Å². The van der Waals surface area contributed by atoms with Crippen molar-refractivity contribution in [3.8, 4) is 11.5 Å². The van der Waals surface area contributed by atoms with E-state index in [0.717, 1.165) is 6.08 Å². The van der Waals surface area contributed by atoms with E-state index in [1.807, 2.05) is 0 Å². The number of hydrogen-bond donors (Lipinski definition) is 4. The average Bonchev–Trinajstić information content (AvgIpc) is 2.82. The molecule has 10 nitrogen and oxygen atoms in total. The summed E-state index contributed by atoms with van der Waals surface area (Å²) in [6, 6.07) is 12.6. The number of benzene rings is 2. The Labute approximate surface area is 195 Å². The zero-order valence-electron chi connectivity index (χ0n) is 18.3. The van der Waals surface area contributed by atoms with Gasteiger partial charge in [-0.05, 0) is 29.8 Å². The Kier molecular flexibility index (Phi) is 8.61. The number of rotatable bonds is 8. The van der Waals surface area contributed by atoms with Crippen LogP contribution in [-0.2, 0) is 30.4 Å². The van der Waals surface area contributed by atoms with Crippen LogP contribution >= 0.6 is 0 Å². The van der Waals surface area contributed by atoms with Crippen LogP contribution in [0.25, 0.3) is 6.08 Å². The minimum absolute atomic E-state index is 0.0719. The number of phenolic OH excluding ortho intramolecular Hbond substituents is 1. The van der Waals surface area contributed by atoms with Crippen molar-refractivity contribution in [1.82, 2.24) is 0 Å². The maximum Gasteiger partial charge on any atom is 0.331 e. The van der Waals surface area contributed by atoms with Gasteiger partial charge in [-0.1, -0.05) is 30.3 Å². The molecule has 0 unspecified atom stereocenters. The summed E-state index contributed by atoms with van der Waals surface area (Å²) in [5.74, 6) is -1.18. The number of aliphatic hydroxyl groups is 3. The number of hydrogen-bond acceptors (Lipinski definition) is 10. The second kappa shape index (κ2) is 11.6. The van der Waals surface area contributed by atoms with Gasteiger partial charge in [0.1, 0.15) is 36.4 Å². The van der Waals surface area contributed by atoms with Crippen LogP contribution in [0.3, 0.4) is 0 Å². The molecule has 0 aliphatic carbocycles. The predicted octanol–water partition coefficient (Wildman–Crippen LogP) is 0.898. The lowest BCUT2D eigenvalue weighted by atomic mass is 9.99. The van der Waals surface area contributed by atoms with Crippen molar-refractivity contribution >= 4 is 18.0 Å². The summed E-state index contributed by atoms with van der Waals surface area (Å²) in [5, 5.41) is 40.1. The molecule has 3 rings (SSSR count). The van der Waals surface area contributed by atoms with Gasteiger partial charge in [0.25, 0.3) is 0 Å². The number of carbonyl (C=O) groups is 2. The highest BCUT2D eigenvalue weighted by Crippen LogP contribution is 2.28. The molecule has 5 atom stereocenters. The quantitative estimate of drug-likeness (QED) is 0.321. The molecule has 1 fully saturated rings. The number of carbonyl (C=O) groups excluding carboxylic acids is 2. The molecule has 0 spiro atoms. The van der Waals surface area contributed by atoms with Crippen molar-refractivity contribution in [2.45, 2.75) is 44.2 Å². The van der Waals surface area contributed by atoms with E-state index < -0.39 is 42.6 Å². The normalized spacial score (nSPS) is 24.5. The molecule has 0 saturated carbocycles. The molecule has 1 saturated heterocycles. The van der Waals surface area contributed by atoms with Gasteiger partial charge >= 0.3 is 11.9 Å². The summed E-state index contributed by atoms with van der Waals surface area (Å²) in [5.41, 5.74) is 1.03. The van der Waals surface area contributed by atoms with E-state index >= 15 is 0 Å². The second-order valence-electron chi connectivity index (χ2n) is 7.54. The SMILES string of the molecule is CC(=O)OC[C@H]1O[C@@H](Oc2ccccc2CO)[C@H](OC(=O)/C=C\c2ccc(O)cc2)[C@@H](O)[C@@H]1O. The van der Waals surface area contributed by atoms with E-state index in [0.29, 0.717) is 11.1 Å². The molecule has 2 aromatic carbocycles. The van der Waals surface area contributed by atoms with Gasteiger partial charge in [-0.15, -0.1) is 0 Å². The van der Waals surface area contributed by atoms with E-state index in [-0.39, 0.29) is 24.7 Å². The number of aromatic hydroxyl groups is 1. The van der Waals surface area contributed by atoms with E-state index in [1.165, 1.54) is 25.1 Å². The summed E-state index contributed by atoms with van der Waals surface area (Å²) in [7, 11) is 0. The van der Waals surface area contributed by atoms with Crippen molar-refractivity contribution in [3.63, 3.8) is 0 Å². The van der Waals surface area contributed by atoms with Gasteiger partial charge in [0.15, 0.2) is 6.10 Å². The molecule has 182 valence electrons. The summed E-state index contributed by atoms with van der Waals surface area (Å²) >= 11 is 0. The number of ether oxygens (including phenoxy) is 4. The van der Waals surface area contributed by atoms with Crippen LogP contribution < -0.4 is 4.74 Å². The first-order valence-electron chi connectivity index (χ1n) is 10.5. The van der Waals surface area contributed by atoms with Gasteiger partial charge in [-0.25, -0.2) is 4.79 Å². The van der Waals surface area contributed by atoms with Crippen LogP contribution in [0, 0.1) is 0 Å². The fourth-order valence-corrected chi connectivity index (χ4v) is 3.26. The summed E-state index contributed by atoms with van der Waals surface area (Å²) in [6.07, 6.45) is -4.64. The summed E-state index contributed by atoms with van der Waals surface area (Å²) < 4.78 is 21.7. The van der Waals surface area contributed by atoms with E-state index in [4.69, 9.17) is 18.9 Å². The van der Waals surface area contributed by atoms with Crippen LogP contribution in [0.1, 0.15) is 18.1 Å².